The van der Waals surface area contributed by atoms with Crippen molar-refractivity contribution in [2.24, 2.45) is 0 Å². The predicted molar refractivity (Wildman–Crippen MR) is 54.2 cm³/mol. The highest BCUT2D eigenvalue weighted by molar-refractivity contribution is 5.35. The number of nitrogens with zero attached hydrogens (tertiary/aromatic N) is 4. The molecule has 0 aliphatic rings. The van der Waals surface area contributed by atoms with Gasteiger partial charge in [-0.2, -0.15) is 0 Å². The molecule has 0 unspecified atom stereocenters. The average Bonchev–Trinajstić information content (AvgIpc) is 2.59. The van der Waals surface area contributed by atoms with Crippen LogP contribution >= 0.6 is 0 Å². The highest BCUT2D eigenvalue weighted by Crippen LogP contribution is 2.13. The fourth-order valence-electron chi connectivity index (χ4n) is 1.44. The summed E-state index contributed by atoms with van der Waals surface area (Å²) >= 11 is 0. The Hall–Kier alpha value is -1.45. The van der Waals surface area contributed by atoms with Crippen molar-refractivity contribution >= 4 is 5.65 Å². The highest BCUT2D eigenvalue weighted by atomic mass is 15.3. The van der Waals surface area contributed by atoms with Gasteiger partial charge in [0.05, 0.1) is 11.9 Å². The summed E-state index contributed by atoms with van der Waals surface area (Å²) in [6.07, 6.45) is 4.73. The molecule has 4 nitrogen and oxygen atoms in total. The molecule has 2 aromatic rings. The van der Waals surface area contributed by atoms with E-state index in [1.807, 2.05) is 10.6 Å². The summed E-state index contributed by atoms with van der Waals surface area (Å²) in [5.74, 6) is 1.38. The van der Waals surface area contributed by atoms with Crippen molar-refractivity contribution in [1.29, 1.82) is 0 Å². The molecule has 0 radical (unpaired) electrons. The van der Waals surface area contributed by atoms with Crippen molar-refractivity contribution in [2.45, 2.75) is 33.1 Å². The summed E-state index contributed by atoms with van der Waals surface area (Å²) in [4.78, 5) is 4.27. The first-order chi connectivity index (χ1) is 6.72. The van der Waals surface area contributed by atoms with Gasteiger partial charge in [0.15, 0.2) is 5.65 Å². The van der Waals surface area contributed by atoms with Crippen LogP contribution in [0.5, 0.6) is 0 Å². The van der Waals surface area contributed by atoms with Crippen LogP contribution in [0.3, 0.4) is 0 Å². The van der Waals surface area contributed by atoms with Gasteiger partial charge in [-0.3, -0.25) is 9.38 Å². The summed E-state index contributed by atoms with van der Waals surface area (Å²) in [6, 6.07) is 0. The Morgan fingerprint density at radius 3 is 2.79 bits per heavy atom. The van der Waals surface area contributed by atoms with Crippen molar-refractivity contribution in [3.05, 3.63) is 23.9 Å². The molecule has 0 bridgehead atoms. The lowest BCUT2D eigenvalue weighted by atomic mass is 10.2. The van der Waals surface area contributed by atoms with E-state index in [1.54, 1.807) is 6.20 Å². The third-order valence-electron chi connectivity index (χ3n) is 2.25. The standard InChI is InChI=1S/C10H14N4/c1-4-8-6-14-9(5-11-8)12-13-10(14)7(2)3/h5-7H,4H2,1-3H3. The smallest absolute Gasteiger partial charge is 0.179 e. The van der Waals surface area contributed by atoms with E-state index < -0.39 is 0 Å². The van der Waals surface area contributed by atoms with Crippen LogP contribution < -0.4 is 0 Å². The fraction of sp³-hybridized carbons (Fsp3) is 0.500. The zero-order valence-corrected chi connectivity index (χ0v) is 8.73. The van der Waals surface area contributed by atoms with Crippen LogP contribution in [0.25, 0.3) is 5.65 Å². The minimum Gasteiger partial charge on any atom is -0.283 e. The Balaban J connectivity index is 2.63. The summed E-state index contributed by atoms with van der Waals surface area (Å²) in [7, 11) is 0. The predicted octanol–water partition coefficient (Wildman–Crippen LogP) is 1.81. The number of hydrogen-bond acceptors (Lipinski definition) is 3. The monoisotopic (exact) mass is 190 g/mol. The average molecular weight is 190 g/mol. The van der Waals surface area contributed by atoms with E-state index >= 15 is 0 Å². The maximum atomic E-state index is 4.27. The van der Waals surface area contributed by atoms with Crippen molar-refractivity contribution in [2.75, 3.05) is 0 Å². The molecular formula is C10H14N4. The fourth-order valence-corrected chi connectivity index (χ4v) is 1.44. The number of hydrogen-bond donors (Lipinski definition) is 0. The molecule has 14 heavy (non-hydrogen) atoms. The van der Waals surface area contributed by atoms with Gasteiger partial charge >= 0.3 is 0 Å². The van der Waals surface area contributed by atoms with E-state index in [2.05, 4.69) is 36.0 Å². The summed E-state index contributed by atoms with van der Waals surface area (Å²) in [5, 5.41) is 8.21. The van der Waals surface area contributed by atoms with Crippen LogP contribution in [0.4, 0.5) is 0 Å². The van der Waals surface area contributed by atoms with Crippen LogP contribution in [0.15, 0.2) is 12.4 Å². The topological polar surface area (TPSA) is 43.1 Å². The van der Waals surface area contributed by atoms with Gasteiger partial charge in [0.2, 0.25) is 0 Å². The lowest BCUT2D eigenvalue weighted by molar-refractivity contribution is 0.755. The molecule has 0 fully saturated rings. The normalized spacial score (nSPS) is 11.4. The molecule has 0 aliphatic heterocycles. The molecule has 0 amide bonds. The molecule has 2 rings (SSSR count). The molecule has 0 aliphatic carbocycles. The summed E-state index contributed by atoms with van der Waals surface area (Å²) < 4.78 is 2.02. The van der Waals surface area contributed by atoms with E-state index in [4.69, 9.17) is 0 Å². The van der Waals surface area contributed by atoms with Crippen LogP contribution in [-0.2, 0) is 6.42 Å². The first-order valence-corrected chi connectivity index (χ1v) is 4.92. The van der Waals surface area contributed by atoms with E-state index in [-0.39, 0.29) is 0 Å². The van der Waals surface area contributed by atoms with Gasteiger partial charge in [-0.05, 0) is 6.42 Å². The van der Waals surface area contributed by atoms with E-state index in [1.165, 1.54) is 0 Å². The molecule has 0 saturated heterocycles. The quantitative estimate of drug-likeness (QED) is 0.725. The zero-order chi connectivity index (χ0) is 10.1. The zero-order valence-electron chi connectivity index (χ0n) is 8.73. The number of aromatic nitrogens is 4. The third-order valence-corrected chi connectivity index (χ3v) is 2.25. The van der Waals surface area contributed by atoms with Crippen LogP contribution in [0, 0.1) is 0 Å². The molecule has 0 aromatic carbocycles. The molecule has 0 spiro atoms. The molecular weight excluding hydrogens is 176 g/mol. The lowest BCUT2D eigenvalue weighted by Gasteiger charge is -2.03. The second-order valence-electron chi connectivity index (χ2n) is 3.67. The van der Waals surface area contributed by atoms with Crippen LogP contribution in [0.2, 0.25) is 0 Å². The first kappa shape index (κ1) is 9.12. The van der Waals surface area contributed by atoms with E-state index in [0.29, 0.717) is 5.92 Å². The molecule has 4 heteroatoms. The van der Waals surface area contributed by atoms with E-state index in [9.17, 15) is 0 Å². The van der Waals surface area contributed by atoms with Crippen molar-refractivity contribution in [3.8, 4) is 0 Å². The maximum Gasteiger partial charge on any atom is 0.179 e. The Morgan fingerprint density at radius 2 is 2.14 bits per heavy atom. The molecule has 0 N–H and O–H groups in total. The third kappa shape index (κ3) is 1.36. The van der Waals surface area contributed by atoms with Gasteiger partial charge in [-0.15, -0.1) is 10.2 Å². The molecule has 74 valence electrons. The second-order valence-corrected chi connectivity index (χ2v) is 3.67. The van der Waals surface area contributed by atoms with Crippen molar-refractivity contribution in [1.82, 2.24) is 19.6 Å². The minimum atomic E-state index is 0.386. The second kappa shape index (κ2) is 3.36. The molecule has 2 aromatic heterocycles. The van der Waals surface area contributed by atoms with Gasteiger partial charge in [-0.25, -0.2) is 0 Å². The molecule has 2 heterocycles. The SMILES string of the molecule is CCc1cn2c(C(C)C)nnc2cn1. The van der Waals surface area contributed by atoms with Crippen molar-refractivity contribution < 1.29 is 0 Å². The van der Waals surface area contributed by atoms with Gasteiger partial charge in [0.1, 0.15) is 5.82 Å². The van der Waals surface area contributed by atoms with Crippen molar-refractivity contribution in [3.63, 3.8) is 0 Å². The Kier molecular flexibility index (Phi) is 2.19. The number of aryl methyl sites for hydroxylation is 1. The largest absolute Gasteiger partial charge is 0.283 e. The number of fused-ring (bicyclic) bond motifs is 1. The lowest BCUT2D eigenvalue weighted by Crippen LogP contribution is -1.99. The van der Waals surface area contributed by atoms with Crippen LogP contribution in [0.1, 0.15) is 38.2 Å². The Bertz CT molecular complexity index is 444. The first-order valence-electron chi connectivity index (χ1n) is 4.92. The van der Waals surface area contributed by atoms with E-state index in [0.717, 1.165) is 23.6 Å². The van der Waals surface area contributed by atoms with Crippen LogP contribution in [-0.4, -0.2) is 19.6 Å². The number of rotatable bonds is 2. The summed E-state index contributed by atoms with van der Waals surface area (Å²) in [5.41, 5.74) is 1.89. The highest BCUT2D eigenvalue weighted by Gasteiger charge is 2.09. The van der Waals surface area contributed by atoms with Gasteiger partial charge in [-0.1, -0.05) is 20.8 Å². The molecule has 0 saturated carbocycles. The maximum absolute atomic E-state index is 4.27. The van der Waals surface area contributed by atoms with Gasteiger partial charge in [0, 0.05) is 12.1 Å². The summed E-state index contributed by atoms with van der Waals surface area (Å²) in [6.45, 7) is 6.32. The van der Waals surface area contributed by atoms with Gasteiger partial charge < -0.3 is 0 Å². The molecule has 0 atom stereocenters. The van der Waals surface area contributed by atoms with Gasteiger partial charge in [0.25, 0.3) is 0 Å². The minimum absolute atomic E-state index is 0.386. The Morgan fingerprint density at radius 1 is 1.36 bits per heavy atom. The Labute approximate surface area is 83.0 Å².